The summed E-state index contributed by atoms with van der Waals surface area (Å²) in [6.07, 6.45) is 1.45. The number of piperidine rings is 1. The Hall–Kier alpha value is -2.95. The molecule has 3 aromatic rings. The van der Waals surface area contributed by atoms with Gasteiger partial charge in [0.2, 0.25) is 10.0 Å². The average Bonchev–Trinajstić information content (AvgIpc) is 3.28. The van der Waals surface area contributed by atoms with Crippen molar-refractivity contribution in [3.63, 3.8) is 0 Å². The number of hydrogen-bond donors (Lipinski definition) is 1. The molecule has 0 spiro atoms. The van der Waals surface area contributed by atoms with Gasteiger partial charge in [-0.25, -0.2) is 18.5 Å². The predicted molar refractivity (Wildman–Crippen MR) is 123 cm³/mol. The molecule has 2 fully saturated rings. The lowest BCUT2D eigenvalue weighted by Gasteiger charge is -2.34. The summed E-state index contributed by atoms with van der Waals surface area (Å²) in [4.78, 5) is 21.9. The van der Waals surface area contributed by atoms with Crippen molar-refractivity contribution in [2.24, 2.45) is 5.14 Å². The van der Waals surface area contributed by atoms with E-state index in [0.717, 1.165) is 23.9 Å². The van der Waals surface area contributed by atoms with Crippen molar-refractivity contribution >= 4 is 32.7 Å². The molecule has 2 aromatic carbocycles. The molecular formula is C23H26N4O5S. The second-order valence-electron chi connectivity index (χ2n) is 8.41. The average molecular weight is 471 g/mol. The summed E-state index contributed by atoms with van der Waals surface area (Å²) in [5, 5.41) is 5.34. The van der Waals surface area contributed by atoms with Gasteiger partial charge in [0.25, 0.3) is 5.91 Å². The highest BCUT2D eigenvalue weighted by molar-refractivity contribution is 7.89. The first-order chi connectivity index (χ1) is 15.9. The van der Waals surface area contributed by atoms with Crippen molar-refractivity contribution < 1.29 is 22.4 Å². The molecule has 0 radical (unpaired) electrons. The van der Waals surface area contributed by atoms with Gasteiger partial charge in [0.15, 0.2) is 11.5 Å². The monoisotopic (exact) mass is 470 g/mol. The first-order valence-corrected chi connectivity index (χ1v) is 12.6. The molecule has 0 unspecified atom stereocenters. The van der Waals surface area contributed by atoms with Crippen LogP contribution in [0.2, 0.25) is 0 Å². The van der Waals surface area contributed by atoms with Crippen molar-refractivity contribution in [2.75, 3.05) is 44.3 Å². The SMILES string of the molecule is NS(=O)(=O)c1ccc(N2CCOCC2)c(C(=O)N2CCC(c3nc4ccccc4o3)CC2)c1. The lowest BCUT2D eigenvalue weighted by molar-refractivity contribution is 0.0706. The van der Waals surface area contributed by atoms with Crippen LogP contribution in [0.25, 0.3) is 11.1 Å². The molecule has 10 heteroatoms. The van der Waals surface area contributed by atoms with E-state index >= 15 is 0 Å². The smallest absolute Gasteiger partial charge is 0.256 e. The number of fused-ring (bicyclic) bond motifs is 1. The van der Waals surface area contributed by atoms with Gasteiger partial charge in [-0.1, -0.05) is 12.1 Å². The van der Waals surface area contributed by atoms with Gasteiger partial charge in [0.05, 0.1) is 23.7 Å². The number of para-hydroxylation sites is 2. The zero-order chi connectivity index (χ0) is 23.0. The quantitative estimate of drug-likeness (QED) is 0.621. The van der Waals surface area contributed by atoms with Crippen LogP contribution in [0.1, 0.15) is 35.0 Å². The van der Waals surface area contributed by atoms with E-state index in [1.54, 1.807) is 11.0 Å². The molecule has 2 aliphatic heterocycles. The number of nitrogens with two attached hydrogens (primary N) is 1. The van der Waals surface area contributed by atoms with Crippen LogP contribution in [0, 0.1) is 0 Å². The molecule has 2 aliphatic rings. The first-order valence-electron chi connectivity index (χ1n) is 11.0. The number of carbonyl (C=O) groups excluding carboxylic acids is 1. The highest BCUT2D eigenvalue weighted by atomic mass is 32.2. The molecule has 2 saturated heterocycles. The van der Waals surface area contributed by atoms with Crippen molar-refractivity contribution in [3.8, 4) is 0 Å². The molecule has 0 atom stereocenters. The zero-order valence-electron chi connectivity index (χ0n) is 18.1. The van der Waals surface area contributed by atoms with Gasteiger partial charge in [-0.2, -0.15) is 0 Å². The van der Waals surface area contributed by atoms with Gasteiger partial charge in [-0.05, 0) is 43.2 Å². The van der Waals surface area contributed by atoms with Gasteiger partial charge in [-0.15, -0.1) is 0 Å². The Bertz CT molecular complexity index is 1240. The summed E-state index contributed by atoms with van der Waals surface area (Å²) in [6, 6.07) is 12.2. The fourth-order valence-electron chi connectivity index (χ4n) is 4.51. The van der Waals surface area contributed by atoms with Crippen LogP contribution < -0.4 is 10.0 Å². The lowest BCUT2D eigenvalue weighted by atomic mass is 9.96. The minimum absolute atomic E-state index is 0.0655. The zero-order valence-corrected chi connectivity index (χ0v) is 19.0. The number of aromatic nitrogens is 1. The Kier molecular flexibility index (Phi) is 5.81. The topological polar surface area (TPSA) is 119 Å². The number of anilines is 1. The molecule has 2 N–H and O–H groups in total. The number of rotatable bonds is 4. The molecule has 0 bridgehead atoms. The third-order valence-electron chi connectivity index (χ3n) is 6.32. The maximum atomic E-state index is 13.5. The standard InChI is InChI=1S/C23H26N4O5S/c24-33(29,30)17-5-6-20(26-11-13-31-14-12-26)18(15-17)23(28)27-9-7-16(8-10-27)22-25-19-3-1-2-4-21(19)32-22/h1-6,15-16H,7-14H2,(H2,24,29,30). The van der Waals surface area contributed by atoms with E-state index < -0.39 is 10.0 Å². The number of ether oxygens (including phenoxy) is 1. The molecule has 174 valence electrons. The largest absolute Gasteiger partial charge is 0.440 e. The fraction of sp³-hybridized carbons (Fsp3) is 0.391. The number of primary sulfonamides is 1. The van der Waals surface area contributed by atoms with Crippen molar-refractivity contribution in [2.45, 2.75) is 23.7 Å². The second kappa shape index (κ2) is 8.77. The maximum Gasteiger partial charge on any atom is 0.256 e. The summed E-state index contributed by atoms with van der Waals surface area (Å²) in [7, 11) is -3.93. The number of oxazole rings is 1. The van der Waals surface area contributed by atoms with Crippen LogP contribution in [0.5, 0.6) is 0 Å². The molecule has 0 aliphatic carbocycles. The van der Waals surface area contributed by atoms with E-state index in [0.29, 0.717) is 56.5 Å². The summed E-state index contributed by atoms with van der Waals surface area (Å²) < 4.78 is 35.2. The predicted octanol–water partition coefficient (Wildman–Crippen LogP) is 2.33. The molecule has 33 heavy (non-hydrogen) atoms. The Balaban J connectivity index is 1.37. The maximum absolute atomic E-state index is 13.5. The van der Waals surface area contributed by atoms with E-state index in [9.17, 15) is 13.2 Å². The van der Waals surface area contributed by atoms with E-state index in [-0.39, 0.29) is 16.7 Å². The first kappa shape index (κ1) is 21.9. The second-order valence-corrected chi connectivity index (χ2v) is 9.97. The number of nitrogens with zero attached hydrogens (tertiary/aromatic N) is 3. The van der Waals surface area contributed by atoms with Gasteiger partial charge < -0.3 is 19.0 Å². The summed E-state index contributed by atoms with van der Waals surface area (Å²) >= 11 is 0. The van der Waals surface area contributed by atoms with E-state index in [4.69, 9.17) is 14.3 Å². The number of benzene rings is 2. The van der Waals surface area contributed by atoms with E-state index in [1.165, 1.54) is 12.1 Å². The van der Waals surface area contributed by atoms with Gasteiger partial charge in [0, 0.05) is 37.8 Å². The third kappa shape index (κ3) is 4.46. The van der Waals surface area contributed by atoms with Crippen LogP contribution in [0.4, 0.5) is 5.69 Å². The highest BCUT2D eigenvalue weighted by Crippen LogP contribution is 2.32. The minimum atomic E-state index is -3.93. The third-order valence-corrected chi connectivity index (χ3v) is 7.23. The molecule has 9 nitrogen and oxygen atoms in total. The Morgan fingerprint density at radius 1 is 1.03 bits per heavy atom. The Labute approximate surface area is 192 Å². The van der Waals surface area contributed by atoms with E-state index in [1.807, 2.05) is 24.3 Å². The molecule has 1 amide bonds. The van der Waals surface area contributed by atoms with Crippen LogP contribution in [0.3, 0.4) is 0 Å². The highest BCUT2D eigenvalue weighted by Gasteiger charge is 2.30. The van der Waals surface area contributed by atoms with Crippen LogP contribution >= 0.6 is 0 Å². The fourth-order valence-corrected chi connectivity index (χ4v) is 5.05. The molecule has 5 rings (SSSR count). The van der Waals surface area contributed by atoms with Crippen LogP contribution in [-0.2, 0) is 14.8 Å². The normalized spacial score (nSPS) is 18.1. The molecule has 1 aromatic heterocycles. The van der Waals surface area contributed by atoms with Gasteiger partial charge in [0.1, 0.15) is 5.52 Å². The van der Waals surface area contributed by atoms with Gasteiger partial charge in [-0.3, -0.25) is 4.79 Å². The summed E-state index contributed by atoms with van der Waals surface area (Å²) in [5.74, 6) is 0.641. The number of hydrogen-bond acceptors (Lipinski definition) is 7. The Morgan fingerprint density at radius 3 is 2.45 bits per heavy atom. The number of likely N-dealkylation sites (tertiary alicyclic amines) is 1. The molecule has 3 heterocycles. The van der Waals surface area contributed by atoms with Crippen molar-refractivity contribution in [3.05, 3.63) is 53.9 Å². The summed E-state index contributed by atoms with van der Waals surface area (Å²) in [5.41, 5.74) is 2.66. The van der Waals surface area contributed by atoms with Gasteiger partial charge >= 0.3 is 0 Å². The molecule has 0 saturated carbocycles. The molecular weight excluding hydrogens is 444 g/mol. The van der Waals surface area contributed by atoms with Crippen LogP contribution in [-0.4, -0.2) is 63.6 Å². The van der Waals surface area contributed by atoms with Crippen LogP contribution in [0.15, 0.2) is 51.8 Å². The number of morpholine rings is 1. The number of carbonyl (C=O) groups is 1. The summed E-state index contributed by atoms with van der Waals surface area (Å²) in [6.45, 7) is 3.44. The number of sulfonamides is 1. The van der Waals surface area contributed by atoms with Crippen molar-refractivity contribution in [1.29, 1.82) is 0 Å². The van der Waals surface area contributed by atoms with Crippen molar-refractivity contribution in [1.82, 2.24) is 9.88 Å². The Morgan fingerprint density at radius 2 is 1.76 bits per heavy atom. The lowest BCUT2D eigenvalue weighted by Crippen LogP contribution is -2.41. The number of amides is 1. The van der Waals surface area contributed by atoms with E-state index in [2.05, 4.69) is 9.88 Å². The minimum Gasteiger partial charge on any atom is -0.440 e.